The van der Waals surface area contributed by atoms with Gasteiger partial charge in [-0.15, -0.1) is 13.2 Å². The minimum atomic E-state index is -5.07. The Morgan fingerprint density at radius 1 is 1.29 bits per heavy atom. The molecule has 1 saturated carbocycles. The number of ether oxygens (including phenoxy) is 1. The summed E-state index contributed by atoms with van der Waals surface area (Å²) in [6.07, 6.45) is -3.22. The van der Waals surface area contributed by atoms with Crippen molar-refractivity contribution in [2.24, 2.45) is 5.92 Å². The molecule has 0 saturated heterocycles. The van der Waals surface area contributed by atoms with Gasteiger partial charge < -0.3 is 10.1 Å². The van der Waals surface area contributed by atoms with Crippen LogP contribution in [-0.4, -0.2) is 38.3 Å². The van der Waals surface area contributed by atoms with E-state index in [9.17, 15) is 26.7 Å². The molecule has 160 valence electrons. The van der Waals surface area contributed by atoms with Gasteiger partial charge in [-0.2, -0.15) is 10.2 Å². The van der Waals surface area contributed by atoms with Crippen molar-refractivity contribution in [3.8, 4) is 16.9 Å². The van der Waals surface area contributed by atoms with Gasteiger partial charge >= 0.3 is 6.36 Å². The van der Waals surface area contributed by atoms with Gasteiger partial charge in [-0.25, -0.2) is 13.3 Å². The Morgan fingerprint density at radius 2 is 2.06 bits per heavy atom. The van der Waals surface area contributed by atoms with Crippen LogP contribution in [0.4, 0.5) is 27.8 Å². The molecular formula is C19H12F5N5O2. The second-order valence-electron chi connectivity index (χ2n) is 7.10. The summed E-state index contributed by atoms with van der Waals surface area (Å²) in [5.74, 6) is -3.12. The van der Waals surface area contributed by atoms with Crippen LogP contribution in [0.5, 0.6) is 5.75 Å². The third-order valence-electron chi connectivity index (χ3n) is 4.94. The number of nitrogens with zero attached hydrogens (tertiary/aromatic N) is 3. The fraction of sp³-hybridized carbons (Fsp3) is 0.211. The summed E-state index contributed by atoms with van der Waals surface area (Å²) in [4.78, 5) is 11.9. The highest BCUT2D eigenvalue weighted by Gasteiger charge is 2.43. The lowest BCUT2D eigenvalue weighted by molar-refractivity contribution is -0.275. The average Bonchev–Trinajstić information content (AvgIpc) is 3.09. The molecule has 0 radical (unpaired) electrons. The maximum Gasteiger partial charge on any atom is 0.573 e. The minimum absolute atomic E-state index is 0.184. The number of hydrogen-bond donors (Lipinski definition) is 2. The van der Waals surface area contributed by atoms with E-state index in [0.717, 1.165) is 6.07 Å². The second-order valence-corrected chi connectivity index (χ2v) is 7.10. The molecule has 1 aliphatic rings. The number of aromatic amines is 1. The molecule has 3 heterocycles. The highest BCUT2D eigenvalue weighted by molar-refractivity contribution is 5.98. The van der Waals surface area contributed by atoms with E-state index in [-0.39, 0.29) is 28.7 Å². The number of anilines is 1. The van der Waals surface area contributed by atoms with Gasteiger partial charge in [0.1, 0.15) is 11.7 Å². The molecule has 1 fully saturated rings. The Kier molecular flexibility index (Phi) is 4.14. The topological polar surface area (TPSA) is 84.3 Å². The lowest BCUT2D eigenvalue weighted by atomic mass is 10.0. The number of hydrogen-bond acceptors (Lipinski definition) is 4. The zero-order chi connectivity index (χ0) is 21.9. The summed E-state index contributed by atoms with van der Waals surface area (Å²) in [5.41, 5.74) is 1.04. The van der Waals surface area contributed by atoms with E-state index in [1.807, 2.05) is 0 Å². The molecule has 1 aliphatic carbocycles. The van der Waals surface area contributed by atoms with E-state index in [2.05, 4.69) is 25.3 Å². The van der Waals surface area contributed by atoms with E-state index in [1.54, 1.807) is 24.4 Å². The SMILES string of the molecule is O=C(Nc1cc2cc(-c3cc(F)c(OC(F)(F)F)c4[nH]ncc34)ccn2n1)[C@@H]1C[C@@H]1F. The van der Waals surface area contributed by atoms with Crippen LogP contribution in [0.2, 0.25) is 0 Å². The summed E-state index contributed by atoms with van der Waals surface area (Å²) >= 11 is 0. The molecule has 3 aromatic heterocycles. The molecule has 0 spiro atoms. The molecule has 1 aromatic carbocycles. The molecule has 1 amide bonds. The first-order valence-electron chi connectivity index (χ1n) is 9.05. The molecule has 12 heteroatoms. The molecule has 0 unspecified atom stereocenters. The van der Waals surface area contributed by atoms with Gasteiger partial charge in [-0.05, 0) is 35.7 Å². The van der Waals surface area contributed by atoms with E-state index in [4.69, 9.17) is 0 Å². The highest BCUT2D eigenvalue weighted by Crippen LogP contribution is 2.38. The van der Waals surface area contributed by atoms with Crippen LogP contribution >= 0.6 is 0 Å². The van der Waals surface area contributed by atoms with Crippen molar-refractivity contribution in [2.75, 3.05) is 5.32 Å². The number of pyridine rings is 1. The maximum atomic E-state index is 14.5. The van der Waals surface area contributed by atoms with Crippen molar-refractivity contribution in [1.29, 1.82) is 0 Å². The number of carbonyl (C=O) groups is 1. The normalized spacial score (nSPS) is 18.5. The monoisotopic (exact) mass is 437 g/mol. The van der Waals surface area contributed by atoms with Gasteiger partial charge in [-0.1, -0.05) is 0 Å². The number of rotatable bonds is 4. The summed E-state index contributed by atoms with van der Waals surface area (Å²) in [6, 6.07) is 5.66. The Hall–Kier alpha value is -3.70. The first-order valence-corrected chi connectivity index (χ1v) is 9.05. The van der Waals surface area contributed by atoms with Gasteiger partial charge in [0.25, 0.3) is 0 Å². The number of fused-ring (bicyclic) bond motifs is 2. The molecule has 0 aliphatic heterocycles. The third kappa shape index (κ3) is 3.53. The van der Waals surface area contributed by atoms with E-state index < -0.39 is 35.9 Å². The van der Waals surface area contributed by atoms with Crippen LogP contribution in [-0.2, 0) is 4.79 Å². The average molecular weight is 437 g/mol. The van der Waals surface area contributed by atoms with Crippen LogP contribution in [0.3, 0.4) is 0 Å². The molecule has 5 rings (SSSR count). The van der Waals surface area contributed by atoms with Crippen molar-refractivity contribution in [3.63, 3.8) is 0 Å². The Morgan fingerprint density at radius 3 is 2.77 bits per heavy atom. The number of carbonyl (C=O) groups excluding carboxylic acids is 1. The lowest BCUT2D eigenvalue weighted by Crippen LogP contribution is -2.18. The summed E-state index contributed by atoms with van der Waals surface area (Å²) < 4.78 is 70.7. The van der Waals surface area contributed by atoms with Crippen LogP contribution in [0.15, 0.2) is 36.7 Å². The van der Waals surface area contributed by atoms with Gasteiger partial charge in [0.05, 0.1) is 17.6 Å². The third-order valence-corrected chi connectivity index (χ3v) is 4.94. The molecule has 7 nitrogen and oxygen atoms in total. The zero-order valence-electron chi connectivity index (χ0n) is 15.4. The molecule has 4 aromatic rings. The number of nitrogens with one attached hydrogen (secondary N) is 2. The smallest absolute Gasteiger partial charge is 0.400 e. The van der Waals surface area contributed by atoms with Crippen molar-refractivity contribution < 1.29 is 31.5 Å². The van der Waals surface area contributed by atoms with Crippen molar-refractivity contribution >= 4 is 28.1 Å². The molecular weight excluding hydrogens is 425 g/mol. The highest BCUT2D eigenvalue weighted by atomic mass is 19.4. The largest absolute Gasteiger partial charge is 0.573 e. The van der Waals surface area contributed by atoms with Gasteiger partial charge in [0, 0.05) is 17.6 Å². The van der Waals surface area contributed by atoms with Crippen LogP contribution in [0.1, 0.15) is 6.42 Å². The van der Waals surface area contributed by atoms with E-state index in [0.29, 0.717) is 11.1 Å². The van der Waals surface area contributed by atoms with Gasteiger partial charge in [0.2, 0.25) is 5.91 Å². The first-order chi connectivity index (χ1) is 14.7. The molecule has 31 heavy (non-hydrogen) atoms. The molecule has 0 bridgehead atoms. The Labute approximate surface area is 169 Å². The van der Waals surface area contributed by atoms with E-state index >= 15 is 0 Å². The fourth-order valence-electron chi connectivity index (χ4n) is 3.38. The van der Waals surface area contributed by atoms with Crippen molar-refractivity contribution in [3.05, 3.63) is 42.5 Å². The lowest BCUT2D eigenvalue weighted by Gasteiger charge is -2.12. The number of aromatic nitrogens is 4. The van der Waals surface area contributed by atoms with E-state index in [1.165, 1.54) is 10.7 Å². The standard InChI is InChI=1S/C19H12F5N5O2/c20-13-6-11(13)18(30)26-15-4-9-3-8(1-2-29(9)28-15)10-5-14(21)17(31-19(22,23)24)16-12(10)7-25-27-16/h1-5,7,11,13H,6H2,(H,25,27)(H,26,28,30)/t11-,13+/m1/s1. The van der Waals surface area contributed by atoms with Gasteiger partial charge in [0.15, 0.2) is 17.4 Å². The number of benzene rings is 1. The van der Waals surface area contributed by atoms with Crippen LogP contribution in [0.25, 0.3) is 27.5 Å². The number of H-pyrrole nitrogens is 1. The fourth-order valence-corrected chi connectivity index (χ4v) is 3.38. The zero-order valence-corrected chi connectivity index (χ0v) is 15.4. The summed E-state index contributed by atoms with van der Waals surface area (Å²) in [7, 11) is 0. The molecule has 2 atom stereocenters. The summed E-state index contributed by atoms with van der Waals surface area (Å²) in [6.45, 7) is 0. The van der Waals surface area contributed by atoms with Crippen molar-refractivity contribution in [1.82, 2.24) is 19.8 Å². The molecule has 2 N–H and O–H groups in total. The van der Waals surface area contributed by atoms with Crippen LogP contribution < -0.4 is 10.1 Å². The number of amides is 1. The number of alkyl halides is 4. The predicted molar refractivity (Wildman–Crippen MR) is 98.6 cm³/mol. The van der Waals surface area contributed by atoms with Gasteiger partial charge in [-0.3, -0.25) is 9.89 Å². The summed E-state index contributed by atoms with van der Waals surface area (Å²) in [5, 5.41) is 13.0. The first kappa shape index (κ1) is 19.3. The Bertz CT molecular complexity index is 1330. The number of halogens is 5. The second kappa shape index (κ2) is 6.65. The predicted octanol–water partition coefficient (Wildman–Crippen LogP) is 4.21. The minimum Gasteiger partial charge on any atom is -0.400 e. The van der Waals surface area contributed by atoms with Crippen molar-refractivity contribution in [2.45, 2.75) is 19.0 Å². The van der Waals surface area contributed by atoms with Crippen LogP contribution in [0, 0.1) is 11.7 Å². The quantitative estimate of drug-likeness (QED) is 0.469. The maximum absolute atomic E-state index is 14.5. The Balaban J connectivity index is 1.52.